The fourth-order valence-corrected chi connectivity index (χ4v) is 3.96. The van der Waals surface area contributed by atoms with Crippen LogP contribution in [0.15, 0.2) is 85.1 Å². The molecule has 6 heteroatoms. The number of hydrogen-bond donors (Lipinski definition) is 2. The summed E-state index contributed by atoms with van der Waals surface area (Å²) >= 11 is 0. The number of aromatic amines is 1. The Morgan fingerprint density at radius 1 is 1.00 bits per heavy atom. The van der Waals surface area contributed by atoms with E-state index in [9.17, 15) is 14.9 Å². The van der Waals surface area contributed by atoms with Gasteiger partial charge in [0.1, 0.15) is 0 Å². The van der Waals surface area contributed by atoms with Crippen molar-refractivity contribution in [3.05, 3.63) is 112 Å². The topological polar surface area (TPSA) is 88.0 Å². The Kier molecular flexibility index (Phi) is 5.80. The summed E-state index contributed by atoms with van der Waals surface area (Å²) in [6.07, 6.45) is 2.07. The van der Waals surface area contributed by atoms with Crippen molar-refractivity contribution in [2.45, 2.75) is 25.3 Å². The van der Waals surface area contributed by atoms with E-state index in [-0.39, 0.29) is 30.0 Å². The molecule has 0 spiro atoms. The lowest BCUT2D eigenvalue weighted by Gasteiger charge is -2.20. The van der Waals surface area contributed by atoms with Gasteiger partial charge in [-0.15, -0.1) is 0 Å². The molecule has 1 amide bonds. The van der Waals surface area contributed by atoms with E-state index in [2.05, 4.69) is 10.3 Å². The van der Waals surface area contributed by atoms with E-state index >= 15 is 0 Å². The van der Waals surface area contributed by atoms with Gasteiger partial charge >= 0.3 is 0 Å². The molecule has 31 heavy (non-hydrogen) atoms. The monoisotopic (exact) mass is 413 g/mol. The summed E-state index contributed by atoms with van der Waals surface area (Å²) in [5, 5.41) is 15.4. The van der Waals surface area contributed by atoms with E-state index in [1.807, 2.05) is 73.8 Å². The largest absolute Gasteiger partial charge is 0.361 e. The summed E-state index contributed by atoms with van der Waals surface area (Å²) in [4.78, 5) is 27.2. The second-order valence-electron chi connectivity index (χ2n) is 7.60. The van der Waals surface area contributed by atoms with Crippen LogP contribution in [0.4, 0.5) is 5.69 Å². The van der Waals surface area contributed by atoms with E-state index < -0.39 is 4.92 Å². The SMILES string of the molecule is C[C@H](NC(=O)C[C@H](c1cccc([N+](=O)[O-])c1)c1c[nH]c2ccccc12)c1ccccc1. The molecular weight excluding hydrogens is 390 g/mol. The molecule has 2 N–H and O–H groups in total. The number of carbonyl (C=O) groups is 1. The van der Waals surface area contributed by atoms with Crippen LogP contribution >= 0.6 is 0 Å². The Morgan fingerprint density at radius 3 is 2.48 bits per heavy atom. The van der Waals surface area contributed by atoms with Crippen molar-refractivity contribution in [1.29, 1.82) is 0 Å². The van der Waals surface area contributed by atoms with Gasteiger partial charge in [-0.25, -0.2) is 0 Å². The normalized spacial score (nSPS) is 12.9. The zero-order chi connectivity index (χ0) is 21.8. The van der Waals surface area contributed by atoms with E-state index in [1.165, 1.54) is 6.07 Å². The Labute approximate surface area is 180 Å². The van der Waals surface area contributed by atoms with Crippen LogP contribution in [0, 0.1) is 10.1 Å². The zero-order valence-electron chi connectivity index (χ0n) is 17.1. The first-order valence-corrected chi connectivity index (χ1v) is 10.2. The molecule has 4 rings (SSSR count). The van der Waals surface area contributed by atoms with Crippen LogP contribution in [0.25, 0.3) is 10.9 Å². The molecule has 3 aromatic carbocycles. The molecular formula is C25H23N3O3. The second kappa shape index (κ2) is 8.83. The van der Waals surface area contributed by atoms with Gasteiger partial charge in [0.05, 0.1) is 11.0 Å². The molecule has 1 heterocycles. The molecule has 6 nitrogen and oxygen atoms in total. The number of carbonyl (C=O) groups excluding carboxylic acids is 1. The standard InChI is InChI=1S/C25H23N3O3/c1-17(18-8-3-2-4-9-18)27-25(29)15-22(19-10-7-11-20(14-19)28(30)31)23-16-26-24-13-6-5-12-21(23)24/h2-14,16-17,22,26H,15H2,1H3,(H,27,29)/t17-,22+/m0/s1. The van der Waals surface area contributed by atoms with Crippen molar-refractivity contribution < 1.29 is 9.72 Å². The highest BCUT2D eigenvalue weighted by Crippen LogP contribution is 2.35. The number of aromatic nitrogens is 1. The number of rotatable bonds is 7. The molecule has 2 atom stereocenters. The molecule has 0 aliphatic carbocycles. The van der Waals surface area contributed by atoms with Gasteiger partial charge in [0.2, 0.25) is 5.91 Å². The molecule has 0 bridgehead atoms. The summed E-state index contributed by atoms with van der Waals surface area (Å²) in [6.45, 7) is 1.95. The Morgan fingerprint density at radius 2 is 1.71 bits per heavy atom. The predicted octanol–water partition coefficient (Wildman–Crippen LogP) is 5.48. The molecule has 0 saturated carbocycles. The Hall–Kier alpha value is -3.93. The number of para-hydroxylation sites is 1. The van der Waals surface area contributed by atoms with Crippen LogP contribution in [-0.2, 0) is 4.79 Å². The van der Waals surface area contributed by atoms with E-state index in [1.54, 1.807) is 12.1 Å². The van der Waals surface area contributed by atoms with Gasteiger partial charge < -0.3 is 10.3 Å². The van der Waals surface area contributed by atoms with E-state index in [0.717, 1.165) is 27.6 Å². The highest BCUT2D eigenvalue weighted by molar-refractivity contribution is 5.86. The van der Waals surface area contributed by atoms with Gasteiger partial charge in [-0.05, 0) is 29.7 Å². The predicted molar refractivity (Wildman–Crippen MR) is 121 cm³/mol. The average molecular weight is 413 g/mol. The lowest BCUT2D eigenvalue weighted by molar-refractivity contribution is -0.384. The molecule has 0 aliphatic rings. The molecule has 1 aromatic heterocycles. The number of non-ortho nitro benzene ring substituents is 1. The maximum Gasteiger partial charge on any atom is 0.269 e. The second-order valence-corrected chi connectivity index (χ2v) is 7.60. The smallest absolute Gasteiger partial charge is 0.269 e. The number of benzene rings is 3. The summed E-state index contributed by atoms with van der Waals surface area (Å²) < 4.78 is 0. The molecule has 4 aromatic rings. The zero-order valence-corrected chi connectivity index (χ0v) is 17.1. The summed E-state index contributed by atoms with van der Waals surface area (Å²) in [7, 11) is 0. The van der Waals surface area contributed by atoms with Gasteiger partial charge in [-0.2, -0.15) is 0 Å². The third kappa shape index (κ3) is 4.48. The quantitative estimate of drug-likeness (QED) is 0.311. The number of nitro benzene ring substituents is 1. The molecule has 0 saturated heterocycles. The number of amides is 1. The first kappa shape index (κ1) is 20.3. The highest BCUT2D eigenvalue weighted by Gasteiger charge is 2.24. The maximum absolute atomic E-state index is 13.0. The van der Waals surface area contributed by atoms with Gasteiger partial charge in [-0.1, -0.05) is 60.7 Å². The fourth-order valence-electron chi connectivity index (χ4n) is 3.96. The minimum absolute atomic E-state index is 0.0143. The minimum atomic E-state index is -0.409. The lowest BCUT2D eigenvalue weighted by Crippen LogP contribution is -2.28. The van der Waals surface area contributed by atoms with Gasteiger partial charge in [0.25, 0.3) is 5.69 Å². The fraction of sp³-hybridized carbons (Fsp3) is 0.160. The number of H-pyrrole nitrogens is 1. The van der Waals surface area contributed by atoms with Crippen LogP contribution in [0.3, 0.4) is 0 Å². The number of fused-ring (bicyclic) bond motifs is 1. The summed E-state index contributed by atoms with van der Waals surface area (Å²) in [5.41, 5.74) is 3.68. The number of nitro groups is 1. The van der Waals surface area contributed by atoms with Gasteiger partial charge in [0, 0.05) is 41.6 Å². The van der Waals surface area contributed by atoms with Crippen molar-refractivity contribution in [2.24, 2.45) is 0 Å². The number of nitrogens with zero attached hydrogens (tertiary/aromatic N) is 1. The van der Waals surface area contributed by atoms with Crippen LogP contribution < -0.4 is 5.32 Å². The van der Waals surface area contributed by atoms with Gasteiger partial charge in [0.15, 0.2) is 0 Å². The summed E-state index contributed by atoms with van der Waals surface area (Å²) in [6, 6.07) is 24.0. The average Bonchev–Trinajstić information content (AvgIpc) is 3.22. The van der Waals surface area contributed by atoms with Crippen LogP contribution in [0.5, 0.6) is 0 Å². The first-order valence-electron chi connectivity index (χ1n) is 10.2. The van der Waals surface area contributed by atoms with Gasteiger partial charge in [-0.3, -0.25) is 14.9 Å². The molecule has 0 unspecified atom stereocenters. The molecule has 156 valence electrons. The number of hydrogen-bond acceptors (Lipinski definition) is 3. The summed E-state index contributed by atoms with van der Waals surface area (Å²) in [5.74, 6) is -0.433. The number of nitrogens with one attached hydrogen (secondary N) is 2. The Balaban J connectivity index is 1.66. The Bertz CT molecular complexity index is 1220. The lowest BCUT2D eigenvalue weighted by atomic mass is 9.87. The van der Waals surface area contributed by atoms with Crippen molar-refractivity contribution >= 4 is 22.5 Å². The highest BCUT2D eigenvalue weighted by atomic mass is 16.6. The van der Waals surface area contributed by atoms with E-state index in [0.29, 0.717) is 0 Å². The minimum Gasteiger partial charge on any atom is -0.361 e. The third-order valence-electron chi connectivity index (χ3n) is 5.55. The molecule has 0 aliphatic heterocycles. The third-order valence-corrected chi connectivity index (χ3v) is 5.55. The van der Waals surface area contributed by atoms with Crippen LogP contribution in [-0.4, -0.2) is 15.8 Å². The van der Waals surface area contributed by atoms with Crippen molar-refractivity contribution in [3.63, 3.8) is 0 Å². The maximum atomic E-state index is 13.0. The van der Waals surface area contributed by atoms with Crippen LogP contribution in [0.2, 0.25) is 0 Å². The van der Waals surface area contributed by atoms with Crippen molar-refractivity contribution in [3.8, 4) is 0 Å². The molecule has 0 fully saturated rings. The van der Waals surface area contributed by atoms with Crippen molar-refractivity contribution in [1.82, 2.24) is 10.3 Å². The van der Waals surface area contributed by atoms with Crippen molar-refractivity contribution in [2.75, 3.05) is 0 Å². The van der Waals surface area contributed by atoms with Crippen LogP contribution in [0.1, 0.15) is 42.0 Å². The van der Waals surface area contributed by atoms with E-state index in [4.69, 9.17) is 0 Å². The first-order chi connectivity index (χ1) is 15.0. The molecule has 0 radical (unpaired) electrons.